The van der Waals surface area contributed by atoms with Crippen molar-refractivity contribution in [3.05, 3.63) is 18.2 Å². The van der Waals surface area contributed by atoms with Crippen molar-refractivity contribution in [2.45, 2.75) is 101 Å². The largest absolute Gasteiger partial charge is 0.480 e. The average molecular weight is 679 g/mol. The first-order valence-electron chi connectivity index (χ1n) is 16.0. The summed E-state index contributed by atoms with van der Waals surface area (Å²) in [5.41, 5.74) is 17.0. The number of carboxylic acid groups (broad SMARTS) is 1. The number of imidazole rings is 1. The van der Waals surface area contributed by atoms with Gasteiger partial charge in [0.2, 0.25) is 29.5 Å². The first kappa shape index (κ1) is 39.4. The van der Waals surface area contributed by atoms with Crippen molar-refractivity contribution >= 4 is 41.5 Å². The second-order valence-corrected chi connectivity index (χ2v) is 11.8. The minimum Gasteiger partial charge on any atom is -0.480 e. The molecule has 1 aromatic heterocycles. The Hall–Kier alpha value is -4.78. The van der Waals surface area contributed by atoms with Crippen LogP contribution in [-0.4, -0.2) is 117 Å². The van der Waals surface area contributed by atoms with Crippen molar-refractivity contribution in [3.63, 3.8) is 0 Å². The number of likely N-dealkylation sites (tertiary alicyclic amines) is 1. The molecular weight excluding hydrogens is 628 g/mol. The van der Waals surface area contributed by atoms with Gasteiger partial charge < -0.3 is 58.8 Å². The summed E-state index contributed by atoms with van der Waals surface area (Å²) in [6.07, 6.45) is 5.44. The molecule has 19 heteroatoms. The standard InChI is InChI=1S/C29H50N12O7/c1-16(31)23(42)40-21(13-18-14-34-15-36-18)25(44)38-19(8-5-11-35-29(32)33)27(46)41-12-6-9-22(41)26(45)37-17(2)24(43)39-20(28(47)48)7-3-4-10-30/h14-17,19-22H,3-13,30-31H2,1-2H3,(H,34,36)(H,37,45)(H,38,44)(H,39,43)(H,40,42)(H,47,48)(H4,32,33,35)/t16-,17-,19-,20-,21-,22-/m0/s1. The highest BCUT2D eigenvalue weighted by atomic mass is 16.4. The summed E-state index contributed by atoms with van der Waals surface area (Å²) < 4.78 is 0. The van der Waals surface area contributed by atoms with E-state index in [4.69, 9.17) is 22.6 Å². The number of amides is 5. The number of carbonyl (C=O) groups excluding carboxylic acids is 5. The Morgan fingerprint density at radius 2 is 1.67 bits per heavy atom. The Kier molecular flexibility index (Phi) is 16.2. The van der Waals surface area contributed by atoms with Crippen molar-refractivity contribution in [2.75, 3.05) is 19.6 Å². The molecule has 14 N–H and O–H groups in total. The number of guanidine groups is 1. The lowest BCUT2D eigenvalue weighted by molar-refractivity contribution is -0.143. The van der Waals surface area contributed by atoms with Crippen LogP contribution in [0.1, 0.15) is 64.5 Å². The highest BCUT2D eigenvalue weighted by Crippen LogP contribution is 2.20. The van der Waals surface area contributed by atoms with E-state index in [2.05, 4.69) is 36.6 Å². The van der Waals surface area contributed by atoms with Crippen LogP contribution in [0.3, 0.4) is 0 Å². The zero-order valence-electron chi connectivity index (χ0n) is 27.4. The normalized spacial score (nSPS) is 17.2. The van der Waals surface area contributed by atoms with E-state index in [1.54, 1.807) is 6.20 Å². The van der Waals surface area contributed by atoms with Gasteiger partial charge in [-0.15, -0.1) is 0 Å². The van der Waals surface area contributed by atoms with Crippen molar-refractivity contribution in [1.82, 2.24) is 41.5 Å². The van der Waals surface area contributed by atoms with Gasteiger partial charge in [-0.1, -0.05) is 0 Å². The number of nitrogens with one attached hydrogen (secondary N) is 7. The van der Waals surface area contributed by atoms with Crippen LogP contribution in [-0.2, 0) is 35.2 Å². The van der Waals surface area contributed by atoms with E-state index < -0.39 is 71.8 Å². The molecule has 0 spiro atoms. The molecular formula is C29H50N12O7. The van der Waals surface area contributed by atoms with Crippen molar-refractivity contribution in [3.8, 4) is 0 Å². The zero-order chi connectivity index (χ0) is 35.8. The maximum absolute atomic E-state index is 13.9. The van der Waals surface area contributed by atoms with Crippen molar-refractivity contribution in [2.24, 2.45) is 17.2 Å². The summed E-state index contributed by atoms with van der Waals surface area (Å²) in [6.45, 7) is 3.69. The highest BCUT2D eigenvalue weighted by molar-refractivity contribution is 5.96. The van der Waals surface area contributed by atoms with Gasteiger partial charge in [-0.25, -0.2) is 9.78 Å². The van der Waals surface area contributed by atoms with Crippen LogP contribution in [0.15, 0.2) is 12.5 Å². The summed E-state index contributed by atoms with van der Waals surface area (Å²) >= 11 is 0. The average Bonchev–Trinajstić information content (AvgIpc) is 3.73. The second-order valence-electron chi connectivity index (χ2n) is 11.8. The van der Waals surface area contributed by atoms with Gasteiger partial charge in [0.15, 0.2) is 5.96 Å². The number of carbonyl (C=O) groups is 6. The summed E-state index contributed by atoms with van der Waals surface area (Å²) in [6, 6.07) is -6.37. The maximum atomic E-state index is 13.9. The van der Waals surface area contributed by atoms with Gasteiger partial charge in [0.1, 0.15) is 30.2 Å². The topological polar surface area (TPSA) is 317 Å². The molecule has 1 aromatic rings. The molecule has 0 aromatic carbocycles. The Labute approximate surface area is 278 Å². The lowest BCUT2D eigenvalue weighted by Gasteiger charge is -2.30. The molecule has 0 radical (unpaired) electrons. The number of aliphatic carboxylic acids is 1. The molecule has 0 bridgehead atoms. The van der Waals surface area contributed by atoms with Crippen molar-refractivity contribution < 1.29 is 33.9 Å². The van der Waals surface area contributed by atoms with Gasteiger partial charge in [0.25, 0.3) is 0 Å². The summed E-state index contributed by atoms with van der Waals surface area (Å²) in [5, 5.41) is 29.8. The number of aromatic nitrogens is 2. The smallest absolute Gasteiger partial charge is 0.326 e. The van der Waals surface area contributed by atoms with Gasteiger partial charge in [0.05, 0.1) is 18.1 Å². The minimum atomic E-state index is -1.21. The molecule has 5 amide bonds. The fraction of sp³-hybridized carbons (Fsp3) is 0.655. The number of nitrogens with two attached hydrogens (primary N) is 3. The molecule has 19 nitrogen and oxygen atoms in total. The number of H-pyrrole nitrogens is 1. The summed E-state index contributed by atoms with van der Waals surface area (Å²) in [5.74, 6) is -4.58. The molecule has 1 aliphatic heterocycles. The molecule has 6 atom stereocenters. The van der Waals surface area contributed by atoms with E-state index in [1.165, 1.54) is 25.1 Å². The second kappa shape index (κ2) is 19.8. The van der Waals surface area contributed by atoms with E-state index in [9.17, 15) is 33.9 Å². The Morgan fingerprint density at radius 1 is 1.00 bits per heavy atom. The van der Waals surface area contributed by atoms with Gasteiger partial charge in [-0.2, -0.15) is 0 Å². The highest BCUT2D eigenvalue weighted by Gasteiger charge is 2.39. The molecule has 48 heavy (non-hydrogen) atoms. The number of aromatic amines is 1. The van der Waals surface area contributed by atoms with Crippen LogP contribution in [0.5, 0.6) is 0 Å². The quantitative estimate of drug-likeness (QED) is 0.0368. The minimum absolute atomic E-state index is 0.00501. The number of carboxylic acids is 1. The van der Waals surface area contributed by atoms with Crippen molar-refractivity contribution in [1.29, 1.82) is 5.41 Å². The Balaban J connectivity index is 2.18. The molecule has 0 saturated carbocycles. The number of rotatable bonds is 20. The SMILES string of the molecule is C[C@H](N)C(=O)N[C@@H](Cc1c[nH]cn1)C(=O)N[C@@H](CCCNC(=N)N)C(=O)N1CCC[C@H]1C(=O)N[C@@H](C)C(=O)N[C@@H](CCCCN)C(=O)O. The molecule has 0 aliphatic carbocycles. The van der Waals surface area contributed by atoms with Crippen LogP contribution in [0, 0.1) is 5.41 Å². The number of hydrogen-bond donors (Lipinski definition) is 11. The first-order valence-corrected chi connectivity index (χ1v) is 16.0. The maximum Gasteiger partial charge on any atom is 0.326 e. The summed E-state index contributed by atoms with van der Waals surface area (Å²) in [4.78, 5) is 85.8. The van der Waals surface area contributed by atoms with Gasteiger partial charge in [-0.05, 0) is 65.3 Å². The molecule has 2 heterocycles. The van der Waals surface area contributed by atoms with Gasteiger partial charge in [-0.3, -0.25) is 29.4 Å². The van der Waals surface area contributed by atoms with E-state index in [0.29, 0.717) is 44.3 Å². The van der Waals surface area contributed by atoms with E-state index >= 15 is 0 Å². The Morgan fingerprint density at radius 3 is 2.27 bits per heavy atom. The zero-order valence-corrected chi connectivity index (χ0v) is 27.4. The molecule has 1 fully saturated rings. The third kappa shape index (κ3) is 12.8. The molecule has 1 saturated heterocycles. The monoisotopic (exact) mass is 678 g/mol. The van der Waals surface area contributed by atoms with Crippen LogP contribution < -0.4 is 43.8 Å². The van der Waals surface area contributed by atoms with Crippen LogP contribution in [0.4, 0.5) is 0 Å². The van der Waals surface area contributed by atoms with Gasteiger partial charge in [0, 0.05) is 25.7 Å². The predicted molar refractivity (Wildman–Crippen MR) is 174 cm³/mol. The summed E-state index contributed by atoms with van der Waals surface area (Å²) in [7, 11) is 0. The number of nitrogens with zero attached hydrogens (tertiary/aromatic N) is 2. The predicted octanol–water partition coefficient (Wildman–Crippen LogP) is -3.27. The molecule has 268 valence electrons. The molecule has 2 rings (SSSR count). The molecule has 0 unspecified atom stereocenters. The van der Waals surface area contributed by atoms with Crippen LogP contribution >= 0.6 is 0 Å². The van der Waals surface area contributed by atoms with E-state index in [-0.39, 0.29) is 38.3 Å². The third-order valence-electron chi connectivity index (χ3n) is 7.77. The lowest BCUT2D eigenvalue weighted by Crippen LogP contribution is -2.59. The van der Waals surface area contributed by atoms with Gasteiger partial charge >= 0.3 is 5.97 Å². The van der Waals surface area contributed by atoms with E-state index in [0.717, 1.165) is 0 Å². The third-order valence-corrected chi connectivity index (χ3v) is 7.77. The first-order chi connectivity index (χ1) is 22.7. The number of hydrogen-bond acceptors (Lipinski definition) is 10. The molecule has 1 aliphatic rings. The number of unbranched alkanes of at least 4 members (excludes halogenated alkanes) is 1. The lowest BCUT2D eigenvalue weighted by atomic mass is 10.1. The van der Waals surface area contributed by atoms with Crippen LogP contribution in [0.2, 0.25) is 0 Å². The van der Waals surface area contributed by atoms with Crippen LogP contribution in [0.25, 0.3) is 0 Å². The Bertz CT molecular complexity index is 1260. The fourth-order valence-corrected chi connectivity index (χ4v) is 5.11. The van der Waals surface area contributed by atoms with E-state index in [1.807, 2.05) is 0 Å². The fourth-order valence-electron chi connectivity index (χ4n) is 5.11.